The van der Waals surface area contributed by atoms with Crippen LogP contribution in [0.1, 0.15) is 0 Å². The first-order valence-electron chi connectivity index (χ1n) is 2.24. The zero-order valence-corrected chi connectivity index (χ0v) is 6.29. The zero-order chi connectivity index (χ0) is 6.15. The highest BCUT2D eigenvalue weighted by Gasteiger charge is 2.14. The molecule has 0 N–H and O–H groups in total. The highest BCUT2D eigenvalue weighted by molar-refractivity contribution is 8.51. The van der Waals surface area contributed by atoms with Crippen molar-refractivity contribution in [3.63, 3.8) is 0 Å². The van der Waals surface area contributed by atoms with E-state index in [9.17, 15) is 0 Å². The van der Waals surface area contributed by atoms with Crippen LogP contribution in [0.25, 0.3) is 0 Å². The Bertz CT molecular complexity index is 103. The van der Waals surface area contributed by atoms with Gasteiger partial charge in [-0.15, -0.1) is 0 Å². The lowest BCUT2D eigenvalue weighted by molar-refractivity contribution is 1.55. The van der Waals surface area contributed by atoms with Gasteiger partial charge in [0, 0.05) is 0 Å². The first-order chi connectivity index (χ1) is 2.81. The van der Waals surface area contributed by atoms with Crippen molar-refractivity contribution in [2.45, 2.75) is 0 Å². The molecule has 0 aliphatic heterocycles. The fourth-order valence-corrected chi connectivity index (χ4v) is 0. The molecule has 0 unspecified atom stereocenters. The van der Waals surface area contributed by atoms with Gasteiger partial charge in [-0.2, -0.15) is 5.26 Å². The number of nitriles is 1. The topological polar surface area (TPSA) is 23.8 Å². The van der Waals surface area contributed by atoms with Gasteiger partial charge >= 0.3 is 0 Å². The predicted octanol–water partition coefficient (Wildman–Crippen LogP) is 1.06. The van der Waals surface area contributed by atoms with Crippen LogP contribution in [0.15, 0.2) is 0 Å². The SMILES string of the molecule is C[SH](C)(C)(C)C#N. The number of rotatable bonds is 0. The molecule has 0 fully saturated rings. The summed E-state index contributed by atoms with van der Waals surface area (Å²) in [5.74, 6) is 0. The Balaban J connectivity index is 4.21. The average Bonchev–Trinajstić information content (AvgIpc) is 1.32. The van der Waals surface area contributed by atoms with Crippen LogP contribution in [0.2, 0.25) is 0 Å². The van der Waals surface area contributed by atoms with Gasteiger partial charge in [-0.25, -0.2) is 9.16 Å². The maximum atomic E-state index is 8.47. The Morgan fingerprint density at radius 2 is 1.29 bits per heavy atom. The molecule has 1 nitrogen and oxygen atoms in total. The summed E-state index contributed by atoms with van der Waals surface area (Å²) in [5.41, 5.74) is 0. The van der Waals surface area contributed by atoms with E-state index in [4.69, 9.17) is 5.26 Å². The quantitative estimate of drug-likeness (QED) is 0.374. The standard InChI is InChI=1S/C5H13NS/c1-7(2,3,4)5-6/h7H,1-4H3. The fraction of sp³-hybridized carbons (Fsp3) is 0.800. The minimum absolute atomic E-state index is 1.77. The van der Waals surface area contributed by atoms with E-state index in [1.807, 2.05) is 25.0 Å². The average molecular weight is 119 g/mol. The number of hydrogen-bond acceptors (Lipinski definition) is 1. The summed E-state index contributed by atoms with van der Waals surface area (Å²) in [6.45, 7) is 0. The van der Waals surface area contributed by atoms with E-state index >= 15 is 0 Å². The summed E-state index contributed by atoms with van der Waals surface area (Å²) in [7, 11) is -1.77. The molecule has 44 valence electrons. The van der Waals surface area contributed by atoms with E-state index in [-0.39, 0.29) is 0 Å². The molecule has 0 aromatic rings. The van der Waals surface area contributed by atoms with Crippen LogP contribution < -0.4 is 0 Å². The third-order valence-electron chi connectivity index (χ3n) is 0.400. The van der Waals surface area contributed by atoms with Crippen molar-refractivity contribution in [1.82, 2.24) is 0 Å². The summed E-state index contributed by atoms with van der Waals surface area (Å²) in [5, 5.41) is 10.8. The van der Waals surface area contributed by atoms with E-state index in [0.717, 1.165) is 0 Å². The van der Waals surface area contributed by atoms with E-state index in [2.05, 4.69) is 5.40 Å². The maximum absolute atomic E-state index is 8.47. The van der Waals surface area contributed by atoms with Gasteiger partial charge in [0.15, 0.2) is 0 Å². The Hall–Kier alpha value is -0.160. The molecular weight excluding hydrogens is 106 g/mol. The molecular formula is C5H13NS. The highest BCUT2D eigenvalue weighted by atomic mass is 32.3. The smallest absolute Gasteiger partial charge is 0.0953 e. The normalized spacial score (nSPS) is 16.7. The molecule has 2 heteroatoms. The highest BCUT2D eigenvalue weighted by Crippen LogP contribution is 2.53. The predicted molar refractivity (Wildman–Crippen MR) is 38.3 cm³/mol. The van der Waals surface area contributed by atoms with E-state index in [1.54, 1.807) is 0 Å². The molecule has 0 saturated carbocycles. The van der Waals surface area contributed by atoms with Crippen molar-refractivity contribution < 1.29 is 0 Å². The second-order valence-corrected chi connectivity index (χ2v) is 11.0. The lowest BCUT2D eigenvalue weighted by Crippen LogP contribution is -2.05. The Kier molecular flexibility index (Phi) is 1.14. The number of thiol groups is 1. The maximum Gasteiger partial charge on any atom is 0.0953 e. The molecule has 0 aromatic heterocycles. The number of nitrogens with zero attached hydrogens (tertiary/aromatic N) is 1. The van der Waals surface area contributed by atoms with Crippen LogP contribution in [-0.4, -0.2) is 25.0 Å². The summed E-state index contributed by atoms with van der Waals surface area (Å²) >= 11 is 0. The van der Waals surface area contributed by atoms with Gasteiger partial charge in [0.1, 0.15) is 0 Å². The molecule has 0 aliphatic carbocycles. The van der Waals surface area contributed by atoms with Crippen molar-refractivity contribution in [3.05, 3.63) is 0 Å². The van der Waals surface area contributed by atoms with Crippen molar-refractivity contribution in [2.75, 3.05) is 25.0 Å². The van der Waals surface area contributed by atoms with Crippen LogP contribution >= 0.6 is 9.16 Å². The molecule has 0 aliphatic rings. The van der Waals surface area contributed by atoms with Crippen molar-refractivity contribution >= 4 is 9.16 Å². The molecule has 0 saturated heterocycles. The third kappa shape index (κ3) is 5.84. The van der Waals surface area contributed by atoms with Gasteiger partial charge in [0.2, 0.25) is 0 Å². The Morgan fingerprint density at radius 3 is 1.29 bits per heavy atom. The van der Waals surface area contributed by atoms with Crippen molar-refractivity contribution in [3.8, 4) is 5.40 Å². The minimum Gasteiger partial charge on any atom is -0.221 e. The molecule has 7 heavy (non-hydrogen) atoms. The van der Waals surface area contributed by atoms with Crippen LogP contribution in [0.5, 0.6) is 0 Å². The molecule has 0 bridgehead atoms. The van der Waals surface area contributed by atoms with Gasteiger partial charge < -0.3 is 0 Å². The van der Waals surface area contributed by atoms with Crippen LogP contribution in [0.3, 0.4) is 0 Å². The van der Waals surface area contributed by atoms with Crippen molar-refractivity contribution in [1.29, 1.82) is 5.26 Å². The van der Waals surface area contributed by atoms with E-state index in [0.29, 0.717) is 0 Å². The van der Waals surface area contributed by atoms with Crippen LogP contribution in [-0.2, 0) is 0 Å². The molecule has 0 aromatic carbocycles. The van der Waals surface area contributed by atoms with Gasteiger partial charge in [-0.3, -0.25) is 0 Å². The van der Waals surface area contributed by atoms with Crippen molar-refractivity contribution in [2.24, 2.45) is 0 Å². The second-order valence-electron chi connectivity index (χ2n) is 3.68. The van der Waals surface area contributed by atoms with Gasteiger partial charge in [-0.05, 0) is 25.0 Å². The van der Waals surface area contributed by atoms with Gasteiger partial charge in [0.25, 0.3) is 0 Å². The first-order valence-corrected chi connectivity index (χ1v) is 6.26. The Labute approximate surface area is 45.6 Å². The molecule has 0 amide bonds. The van der Waals surface area contributed by atoms with Gasteiger partial charge in [0.05, 0.1) is 5.40 Å². The lowest BCUT2D eigenvalue weighted by Gasteiger charge is -2.37. The number of hydrogen-bond donors (Lipinski definition) is 1. The van der Waals surface area contributed by atoms with E-state index in [1.165, 1.54) is 0 Å². The number of thiocyanates is 1. The summed E-state index contributed by atoms with van der Waals surface area (Å²) in [6.07, 6.45) is 8.13. The van der Waals surface area contributed by atoms with E-state index < -0.39 is 9.16 Å². The summed E-state index contributed by atoms with van der Waals surface area (Å²) in [4.78, 5) is 0. The van der Waals surface area contributed by atoms with Crippen LogP contribution in [0, 0.1) is 10.7 Å². The molecule has 0 heterocycles. The minimum atomic E-state index is -1.77. The van der Waals surface area contributed by atoms with Gasteiger partial charge in [-0.1, -0.05) is 0 Å². The van der Waals surface area contributed by atoms with Crippen LogP contribution in [0.4, 0.5) is 0 Å². The molecule has 0 radical (unpaired) electrons. The Morgan fingerprint density at radius 1 is 1.14 bits per heavy atom. The monoisotopic (exact) mass is 119 g/mol. The largest absolute Gasteiger partial charge is 0.221 e. The molecule has 0 spiro atoms. The molecule has 0 atom stereocenters. The zero-order valence-electron chi connectivity index (χ0n) is 5.39. The fourth-order valence-electron chi connectivity index (χ4n) is 0. The molecule has 0 rings (SSSR count). The first kappa shape index (κ1) is 6.84. The second kappa shape index (κ2) is 1.16. The summed E-state index contributed by atoms with van der Waals surface area (Å²) < 4.78 is 0. The summed E-state index contributed by atoms with van der Waals surface area (Å²) in [6, 6.07) is 0. The third-order valence-corrected chi connectivity index (χ3v) is 1.20. The lowest BCUT2D eigenvalue weighted by atomic mass is 11.7.